The fraction of sp³-hybridized carbons (Fsp3) is 0.647. The van der Waals surface area contributed by atoms with Gasteiger partial charge in [0.2, 0.25) is 0 Å². The first kappa shape index (κ1) is 16.2. The van der Waals surface area contributed by atoms with Crippen LogP contribution in [0.1, 0.15) is 39.2 Å². The third-order valence-corrected chi connectivity index (χ3v) is 3.87. The first-order valence-electron chi connectivity index (χ1n) is 7.99. The van der Waals surface area contributed by atoms with E-state index in [2.05, 4.69) is 24.1 Å². The second-order valence-corrected chi connectivity index (χ2v) is 5.95. The van der Waals surface area contributed by atoms with Crippen molar-refractivity contribution in [2.75, 3.05) is 24.6 Å². The molecule has 2 rings (SSSR count). The maximum Gasteiger partial charge on any atom is 0.146 e. The van der Waals surface area contributed by atoms with Crippen LogP contribution >= 0.6 is 0 Å². The number of para-hydroxylation sites is 1. The summed E-state index contributed by atoms with van der Waals surface area (Å²) in [7, 11) is 0. The first-order valence-corrected chi connectivity index (χ1v) is 7.99. The summed E-state index contributed by atoms with van der Waals surface area (Å²) in [5.74, 6) is -0.129. The molecule has 1 N–H and O–H groups in total. The smallest absolute Gasteiger partial charge is 0.146 e. The van der Waals surface area contributed by atoms with Crippen LogP contribution in [0.4, 0.5) is 10.1 Å². The Bertz CT molecular complexity index is 448. The topological polar surface area (TPSA) is 24.5 Å². The summed E-state index contributed by atoms with van der Waals surface area (Å²) in [6, 6.07) is 5.75. The van der Waals surface area contributed by atoms with Gasteiger partial charge in [-0.15, -0.1) is 0 Å². The lowest BCUT2D eigenvalue weighted by atomic mass is 10.0. The van der Waals surface area contributed by atoms with Crippen LogP contribution in [0.15, 0.2) is 18.2 Å². The Morgan fingerprint density at radius 1 is 1.43 bits per heavy atom. The van der Waals surface area contributed by atoms with Gasteiger partial charge in [-0.3, -0.25) is 0 Å². The monoisotopic (exact) mass is 294 g/mol. The van der Waals surface area contributed by atoms with Crippen molar-refractivity contribution in [1.82, 2.24) is 5.32 Å². The van der Waals surface area contributed by atoms with E-state index in [1.54, 1.807) is 12.1 Å². The van der Waals surface area contributed by atoms with Gasteiger partial charge in [-0.25, -0.2) is 4.39 Å². The number of rotatable bonds is 6. The van der Waals surface area contributed by atoms with Crippen LogP contribution < -0.4 is 10.2 Å². The Labute approximate surface area is 127 Å². The number of ether oxygens (including phenoxy) is 1. The van der Waals surface area contributed by atoms with Crippen LogP contribution in [0.25, 0.3) is 0 Å². The molecule has 0 amide bonds. The van der Waals surface area contributed by atoms with Crippen molar-refractivity contribution in [1.29, 1.82) is 0 Å². The predicted octanol–water partition coefficient (Wildman–Crippen LogP) is 3.33. The van der Waals surface area contributed by atoms with E-state index in [-0.39, 0.29) is 11.9 Å². The summed E-state index contributed by atoms with van der Waals surface area (Å²) in [5.41, 5.74) is 1.77. The molecule has 4 heteroatoms. The standard InChI is InChI=1S/C17H27FN2O/c1-4-21-15-8-6-10-20(12-15)17-14(11-19-13(2)3)7-5-9-16(17)18/h5,7,9,13,15,19H,4,6,8,10-12H2,1-3H3. The van der Waals surface area contributed by atoms with Crippen molar-refractivity contribution in [3.8, 4) is 0 Å². The van der Waals surface area contributed by atoms with Gasteiger partial charge in [0.25, 0.3) is 0 Å². The normalized spacial score (nSPS) is 19.3. The predicted molar refractivity (Wildman–Crippen MR) is 85.2 cm³/mol. The molecule has 1 aromatic carbocycles. The summed E-state index contributed by atoms with van der Waals surface area (Å²) in [4.78, 5) is 2.15. The van der Waals surface area contributed by atoms with Crippen LogP contribution in [-0.4, -0.2) is 31.8 Å². The molecule has 0 spiro atoms. The molecular weight excluding hydrogens is 267 g/mol. The minimum absolute atomic E-state index is 0.129. The number of anilines is 1. The van der Waals surface area contributed by atoms with Crippen molar-refractivity contribution in [3.05, 3.63) is 29.6 Å². The molecule has 1 fully saturated rings. The molecule has 1 heterocycles. The quantitative estimate of drug-likeness (QED) is 0.871. The number of benzene rings is 1. The molecule has 21 heavy (non-hydrogen) atoms. The molecule has 1 unspecified atom stereocenters. The Morgan fingerprint density at radius 3 is 2.95 bits per heavy atom. The van der Waals surface area contributed by atoms with E-state index in [1.807, 2.05) is 13.0 Å². The van der Waals surface area contributed by atoms with Crippen molar-refractivity contribution >= 4 is 5.69 Å². The van der Waals surface area contributed by atoms with Gasteiger partial charge < -0.3 is 15.0 Å². The number of piperidine rings is 1. The SMILES string of the molecule is CCOC1CCCN(c2c(F)cccc2CNC(C)C)C1. The second-order valence-electron chi connectivity index (χ2n) is 5.95. The van der Waals surface area contributed by atoms with Crippen molar-refractivity contribution in [3.63, 3.8) is 0 Å². The molecule has 1 atom stereocenters. The second kappa shape index (κ2) is 7.76. The van der Waals surface area contributed by atoms with E-state index in [1.165, 1.54) is 0 Å². The van der Waals surface area contributed by atoms with E-state index in [0.717, 1.165) is 43.8 Å². The van der Waals surface area contributed by atoms with Crippen LogP contribution in [0.3, 0.4) is 0 Å². The Morgan fingerprint density at radius 2 is 2.24 bits per heavy atom. The molecule has 1 aromatic rings. The number of hydrogen-bond acceptors (Lipinski definition) is 3. The van der Waals surface area contributed by atoms with E-state index < -0.39 is 0 Å². The molecule has 1 saturated heterocycles. The molecule has 1 aliphatic heterocycles. The maximum atomic E-state index is 14.4. The first-order chi connectivity index (χ1) is 10.1. The van der Waals surface area contributed by atoms with Gasteiger partial charge in [0.15, 0.2) is 0 Å². The van der Waals surface area contributed by atoms with Gasteiger partial charge in [-0.2, -0.15) is 0 Å². The molecule has 0 aromatic heterocycles. The summed E-state index contributed by atoms with van der Waals surface area (Å²) >= 11 is 0. The van der Waals surface area contributed by atoms with Crippen LogP contribution in [0.2, 0.25) is 0 Å². The molecule has 3 nitrogen and oxygen atoms in total. The van der Waals surface area contributed by atoms with E-state index in [9.17, 15) is 4.39 Å². The Hall–Kier alpha value is -1.13. The van der Waals surface area contributed by atoms with Gasteiger partial charge in [-0.05, 0) is 31.4 Å². The van der Waals surface area contributed by atoms with Crippen LogP contribution in [0, 0.1) is 5.82 Å². The van der Waals surface area contributed by atoms with Gasteiger partial charge in [0.05, 0.1) is 11.8 Å². The average Bonchev–Trinajstić information content (AvgIpc) is 2.45. The number of halogens is 1. The maximum absolute atomic E-state index is 14.4. The van der Waals surface area contributed by atoms with Gasteiger partial charge >= 0.3 is 0 Å². The molecule has 0 aliphatic carbocycles. The summed E-state index contributed by atoms with van der Waals surface area (Å²) < 4.78 is 20.1. The minimum atomic E-state index is -0.129. The lowest BCUT2D eigenvalue weighted by Crippen LogP contribution is -2.41. The third kappa shape index (κ3) is 4.42. The molecule has 1 aliphatic rings. The largest absolute Gasteiger partial charge is 0.377 e. The number of nitrogens with zero attached hydrogens (tertiary/aromatic N) is 1. The minimum Gasteiger partial charge on any atom is -0.377 e. The zero-order valence-corrected chi connectivity index (χ0v) is 13.4. The number of nitrogens with one attached hydrogen (secondary N) is 1. The molecule has 0 bridgehead atoms. The molecule has 0 saturated carbocycles. The highest BCUT2D eigenvalue weighted by Crippen LogP contribution is 2.28. The lowest BCUT2D eigenvalue weighted by Gasteiger charge is -2.35. The number of hydrogen-bond donors (Lipinski definition) is 1. The van der Waals surface area contributed by atoms with E-state index >= 15 is 0 Å². The zero-order chi connectivity index (χ0) is 15.2. The molecule has 118 valence electrons. The third-order valence-electron chi connectivity index (χ3n) is 3.87. The van der Waals surface area contributed by atoms with Gasteiger partial charge in [0, 0.05) is 32.3 Å². The average molecular weight is 294 g/mol. The van der Waals surface area contributed by atoms with Crippen molar-refractivity contribution < 1.29 is 9.13 Å². The van der Waals surface area contributed by atoms with Gasteiger partial charge in [-0.1, -0.05) is 26.0 Å². The van der Waals surface area contributed by atoms with Crippen LogP contribution in [0.5, 0.6) is 0 Å². The van der Waals surface area contributed by atoms with Gasteiger partial charge in [0.1, 0.15) is 5.82 Å². The van der Waals surface area contributed by atoms with Crippen LogP contribution in [-0.2, 0) is 11.3 Å². The summed E-state index contributed by atoms with van der Waals surface area (Å²) in [6.45, 7) is 9.32. The Balaban J connectivity index is 2.16. The molecular formula is C17H27FN2O. The van der Waals surface area contributed by atoms with Crippen molar-refractivity contribution in [2.45, 2.75) is 52.3 Å². The highest BCUT2D eigenvalue weighted by Gasteiger charge is 2.24. The molecule has 0 radical (unpaired) electrons. The highest BCUT2D eigenvalue weighted by molar-refractivity contribution is 5.55. The summed E-state index contributed by atoms with van der Waals surface area (Å²) in [6.07, 6.45) is 2.34. The fourth-order valence-corrected chi connectivity index (χ4v) is 2.88. The zero-order valence-electron chi connectivity index (χ0n) is 13.4. The summed E-state index contributed by atoms with van der Waals surface area (Å²) in [5, 5.41) is 3.38. The van der Waals surface area contributed by atoms with E-state index in [0.29, 0.717) is 12.6 Å². The van der Waals surface area contributed by atoms with E-state index in [4.69, 9.17) is 4.74 Å². The van der Waals surface area contributed by atoms with Crippen molar-refractivity contribution in [2.24, 2.45) is 0 Å². The Kier molecular flexibility index (Phi) is 6.00. The lowest BCUT2D eigenvalue weighted by molar-refractivity contribution is 0.0525. The highest BCUT2D eigenvalue weighted by atomic mass is 19.1. The fourth-order valence-electron chi connectivity index (χ4n) is 2.88.